The van der Waals surface area contributed by atoms with Crippen LogP contribution in [0.4, 0.5) is 0 Å². The van der Waals surface area contributed by atoms with Crippen molar-refractivity contribution in [2.75, 3.05) is 14.2 Å². The van der Waals surface area contributed by atoms with Crippen molar-refractivity contribution in [3.63, 3.8) is 0 Å². The van der Waals surface area contributed by atoms with Crippen molar-refractivity contribution in [1.29, 1.82) is 0 Å². The van der Waals surface area contributed by atoms with Crippen LogP contribution in [0.1, 0.15) is 11.1 Å². The molecule has 0 radical (unpaired) electrons. The van der Waals surface area contributed by atoms with Gasteiger partial charge in [-0.2, -0.15) is 0 Å². The first kappa shape index (κ1) is 15.4. The van der Waals surface area contributed by atoms with Crippen LogP contribution in [0.5, 0.6) is 11.5 Å². The summed E-state index contributed by atoms with van der Waals surface area (Å²) in [5, 5.41) is 1.51. The molecule has 2 aromatic rings. The van der Waals surface area contributed by atoms with Crippen molar-refractivity contribution in [2.24, 2.45) is 0 Å². The van der Waals surface area contributed by atoms with Crippen molar-refractivity contribution in [1.82, 2.24) is 0 Å². The lowest BCUT2D eigenvalue weighted by atomic mass is 9.99. The van der Waals surface area contributed by atoms with Gasteiger partial charge in [0.05, 0.1) is 14.2 Å². The number of methoxy groups -OCH3 is 2. The summed E-state index contributed by atoms with van der Waals surface area (Å²) in [6, 6.07) is 12.3. The first-order valence-corrected chi connectivity index (χ1v) is 8.45. The van der Waals surface area contributed by atoms with Gasteiger partial charge in [-0.15, -0.1) is 0 Å². The van der Waals surface area contributed by atoms with Crippen LogP contribution in [0.2, 0.25) is 0 Å². The summed E-state index contributed by atoms with van der Waals surface area (Å²) in [6.07, 6.45) is 0. The molecule has 2 rings (SSSR count). The fraction of sp³-hybridized carbons (Fsp3) is 0.250. The van der Waals surface area contributed by atoms with Gasteiger partial charge in [-0.3, -0.25) is 0 Å². The minimum absolute atomic E-state index is 0.754. The molecule has 0 atom stereocenters. The third-order valence-corrected chi connectivity index (χ3v) is 4.39. The molecule has 0 spiro atoms. The lowest BCUT2D eigenvalue weighted by Gasteiger charge is -2.16. The van der Waals surface area contributed by atoms with Crippen molar-refractivity contribution in [3.8, 4) is 22.6 Å². The lowest BCUT2D eigenvalue weighted by molar-refractivity contribution is 0.407. The maximum Gasteiger partial charge on any atom is 0.130 e. The van der Waals surface area contributed by atoms with E-state index in [1.807, 2.05) is 12.1 Å². The van der Waals surface area contributed by atoms with Gasteiger partial charge in [-0.05, 0) is 0 Å². The number of hydrogen-bond donors (Lipinski definition) is 0. The van der Waals surface area contributed by atoms with Gasteiger partial charge < -0.3 is 9.47 Å². The Morgan fingerprint density at radius 1 is 0.750 bits per heavy atom. The van der Waals surface area contributed by atoms with Crippen LogP contribution in [0, 0.1) is 0 Å². The maximum atomic E-state index is 5.60. The first-order chi connectivity index (χ1) is 9.76. The van der Waals surface area contributed by atoms with E-state index in [0.717, 1.165) is 44.4 Å². The molecular formula is C16H16Br2O2. The van der Waals surface area contributed by atoms with E-state index in [4.69, 9.17) is 9.47 Å². The monoisotopic (exact) mass is 398 g/mol. The minimum Gasteiger partial charge on any atom is -0.496 e. The van der Waals surface area contributed by atoms with Crippen LogP contribution in [-0.4, -0.2) is 14.2 Å². The molecule has 0 aromatic heterocycles. The largest absolute Gasteiger partial charge is 0.496 e. The lowest BCUT2D eigenvalue weighted by Crippen LogP contribution is -1.97. The molecular weight excluding hydrogens is 384 g/mol. The van der Waals surface area contributed by atoms with Crippen LogP contribution in [0.15, 0.2) is 36.4 Å². The zero-order valence-corrected chi connectivity index (χ0v) is 14.6. The predicted molar refractivity (Wildman–Crippen MR) is 90.2 cm³/mol. The first-order valence-electron chi connectivity index (χ1n) is 6.20. The predicted octanol–water partition coefficient (Wildman–Crippen LogP) is 5.16. The molecule has 0 amide bonds. The molecule has 0 aliphatic heterocycles. The highest BCUT2D eigenvalue weighted by Crippen LogP contribution is 2.40. The Balaban J connectivity index is 2.68. The maximum absolute atomic E-state index is 5.60. The molecule has 0 aliphatic carbocycles. The van der Waals surface area contributed by atoms with E-state index in [1.165, 1.54) is 0 Å². The number of benzene rings is 2. The Morgan fingerprint density at radius 2 is 1.15 bits per heavy atom. The smallest absolute Gasteiger partial charge is 0.130 e. The van der Waals surface area contributed by atoms with Crippen molar-refractivity contribution < 1.29 is 9.47 Å². The van der Waals surface area contributed by atoms with E-state index in [1.54, 1.807) is 14.2 Å². The van der Waals surface area contributed by atoms with Crippen molar-refractivity contribution >= 4 is 31.9 Å². The Hall–Kier alpha value is -1.00. The number of para-hydroxylation sites is 2. The molecule has 0 aliphatic rings. The van der Waals surface area contributed by atoms with Gasteiger partial charge in [0.15, 0.2) is 0 Å². The highest BCUT2D eigenvalue weighted by atomic mass is 79.9. The van der Waals surface area contributed by atoms with Gasteiger partial charge in [0.1, 0.15) is 11.5 Å². The van der Waals surface area contributed by atoms with E-state index < -0.39 is 0 Å². The van der Waals surface area contributed by atoms with E-state index in [0.29, 0.717) is 0 Å². The summed E-state index contributed by atoms with van der Waals surface area (Å²) in [7, 11) is 3.40. The van der Waals surface area contributed by atoms with Gasteiger partial charge >= 0.3 is 0 Å². The van der Waals surface area contributed by atoms with E-state index >= 15 is 0 Å². The Kier molecular flexibility index (Phi) is 5.49. The highest BCUT2D eigenvalue weighted by Gasteiger charge is 2.15. The number of ether oxygens (including phenoxy) is 2. The fourth-order valence-electron chi connectivity index (χ4n) is 2.29. The summed E-state index contributed by atoms with van der Waals surface area (Å²) in [5.74, 6) is 1.77. The zero-order chi connectivity index (χ0) is 14.5. The molecule has 106 valence electrons. The van der Waals surface area contributed by atoms with Gasteiger partial charge in [-0.1, -0.05) is 68.3 Å². The summed E-state index contributed by atoms with van der Waals surface area (Å²) < 4.78 is 11.2. The van der Waals surface area contributed by atoms with Gasteiger partial charge in [0.25, 0.3) is 0 Å². The normalized spacial score (nSPS) is 10.4. The quantitative estimate of drug-likeness (QED) is 0.646. The van der Waals surface area contributed by atoms with Gasteiger partial charge in [0, 0.05) is 32.9 Å². The van der Waals surface area contributed by atoms with E-state index in [9.17, 15) is 0 Å². The minimum atomic E-state index is 0.754. The summed E-state index contributed by atoms with van der Waals surface area (Å²) >= 11 is 7.00. The van der Waals surface area contributed by atoms with Crippen LogP contribution in [0.3, 0.4) is 0 Å². The molecule has 2 aromatic carbocycles. The second kappa shape index (κ2) is 7.14. The average molecular weight is 400 g/mol. The standard InChI is InChI=1S/C16H16Br2O2/c1-19-15-11(9-17)5-3-7-13(15)14-8-4-6-12(10-18)16(14)20-2/h3-8H,9-10H2,1-2H3. The summed E-state index contributed by atoms with van der Waals surface area (Å²) in [4.78, 5) is 0. The fourth-order valence-corrected chi connectivity index (χ4v) is 3.17. The SMILES string of the molecule is COc1c(CBr)cccc1-c1cccc(CBr)c1OC. The van der Waals surface area contributed by atoms with Crippen LogP contribution in [-0.2, 0) is 10.7 Å². The number of rotatable bonds is 5. The van der Waals surface area contributed by atoms with E-state index in [2.05, 4.69) is 56.1 Å². The third-order valence-electron chi connectivity index (χ3n) is 3.18. The van der Waals surface area contributed by atoms with E-state index in [-0.39, 0.29) is 0 Å². The van der Waals surface area contributed by atoms with Gasteiger partial charge in [0.2, 0.25) is 0 Å². The second-order valence-electron chi connectivity index (χ2n) is 4.26. The molecule has 0 unspecified atom stereocenters. The molecule has 0 saturated heterocycles. The number of hydrogen-bond acceptors (Lipinski definition) is 2. The van der Waals surface area contributed by atoms with Crippen molar-refractivity contribution in [3.05, 3.63) is 47.5 Å². The molecule has 0 N–H and O–H groups in total. The molecule has 20 heavy (non-hydrogen) atoms. The molecule has 4 heteroatoms. The molecule has 0 bridgehead atoms. The Bertz CT molecular complexity index is 544. The number of halogens is 2. The number of alkyl halides is 2. The average Bonchev–Trinajstić information content (AvgIpc) is 2.52. The second-order valence-corrected chi connectivity index (χ2v) is 5.38. The molecule has 0 heterocycles. The third kappa shape index (κ3) is 2.86. The van der Waals surface area contributed by atoms with Crippen molar-refractivity contribution in [2.45, 2.75) is 10.7 Å². The summed E-state index contributed by atoms with van der Waals surface area (Å²) in [5.41, 5.74) is 4.33. The summed E-state index contributed by atoms with van der Waals surface area (Å²) in [6.45, 7) is 0. The van der Waals surface area contributed by atoms with Crippen LogP contribution in [0.25, 0.3) is 11.1 Å². The highest BCUT2D eigenvalue weighted by molar-refractivity contribution is 9.08. The Morgan fingerprint density at radius 3 is 1.45 bits per heavy atom. The van der Waals surface area contributed by atoms with Crippen LogP contribution >= 0.6 is 31.9 Å². The molecule has 0 saturated carbocycles. The Labute approximate surface area is 136 Å². The molecule has 0 fully saturated rings. The molecule has 2 nitrogen and oxygen atoms in total. The van der Waals surface area contributed by atoms with Crippen LogP contribution < -0.4 is 9.47 Å². The zero-order valence-electron chi connectivity index (χ0n) is 11.5. The van der Waals surface area contributed by atoms with Gasteiger partial charge in [-0.25, -0.2) is 0 Å². The topological polar surface area (TPSA) is 18.5 Å².